The molecular formula is C25H26ClN3O4S. The molecule has 2 amide bonds. The summed E-state index contributed by atoms with van der Waals surface area (Å²) < 4.78 is 12.7. The molecule has 0 radical (unpaired) electrons. The van der Waals surface area contributed by atoms with Gasteiger partial charge < -0.3 is 14.8 Å². The van der Waals surface area contributed by atoms with Gasteiger partial charge in [0.2, 0.25) is 0 Å². The van der Waals surface area contributed by atoms with Crippen molar-refractivity contribution in [3.8, 4) is 16.9 Å². The molecule has 3 aromatic rings. The third-order valence-electron chi connectivity index (χ3n) is 6.17. The van der Waals surface area contributed by atoms with E-state index in [-0.39, 0.29) is 18.6 Å². The van der Waals surface area contributed by atoms with E-state index in [9.17, 15) is 9.59 Å². The van der Waals surface area contributed by atoms with Crippen molar-refractivity contribution < 1.29 is 19.1 Å². The molecule has 0 bridgehead atoms. The highest BCUT2D eigenvalue weighted by atomic mass is 35.5. The standard InChI is InChI=1S/C25H26ClN3O4S/c1-14-9-15(26)10-19(21(14)32-16-5-4-7-27-12-16)18-6-8-28-20-11-17(34-22(18)20)13-29-23(30)25(2,3)33-24(29)31/h6,8-11,16,27H,4-5,7,12-13H2,1-3H3/t16-/m0/s1. The Labute approximate surface area is 207 Å². The first-order valence-corrected chi connectivity index (χ1v) is 12.5. The summed E-state index contributed by atoms with van der Waals surface area (Å²) in [6.45, 7) is 7.18. The molecule has 2 aromatic heterocycles. The van der Waals surface area contributed by atoms with Crippen LogP contribution in [0.25, 0.3) is 21.3 Å². The van der Waals surface area contributed by atoms with Crippen molar-refractivity contribution in [2.24, 2.45) is 0 Å². The number of fused-ring (bicyclic) bond motifs is 1. The molecule has 5 rings (SSSR count). The van der Waals surface area contributed by atoms with Crippen LogP contribution in [0.3, 0.4) is 0 Å². The zero-order chi connectivity index (χ0) is 24.0. The van der Waals surface area contributed by atoms with Crippen LogP contribution < -0.4 is 10.1 Å². The van der Waals surface area contributed by atoms with Gasteiger partial charge in [-0.3, -0.25) is 9.78 Å². The number of hydrogen-bond acceptors (Lipinski definition) is 7. The largest absolute Gasteiger partial charge is 0.488 e. The number of nitrogens with zero attached hydrogens (tertiary/aromatic N) is 2. The number of carbonyl (C=O) groups excluding carboxylic acids is 2. The number of amides is 2. The van der Waals surface area contributed by atoms with E-state index in [4.69, 9.17) is 21.1 Å². The van der Waals surface area contributed by atoms with E-state index in [1.165, 1.54) is 11.3 Å². The molecule has 7 nitrogen and oxygen atoms in total. The average molecular weight is 500 g/mol. The molecule has 0 spiro atoms. The quantitative estimate of drug-likeness (QED) is 0.512. The third-order valence-corrected chi connectivity index (χ3v) is 7.53. The smallest absolute Gasteiger partial charge is 0.418 e. The summed E-state index contributed by atoms with van der Waals surface area (Å²) in [4.78, 5) is 31.4. The Morgan fingerprint density at radius 3 is 2.82 bits per heavy atom. The van der Waals surface area contributed by atoms with Crippen LogP contribution in [0, 0.1) is 6.92 Å². The minimum atomic E-state index is -1.14. The van der Waals surface area contributed by atoms with Crippen LogP contribution in [0.15, 0.2) is 30.5 Å². The number of cyclic esters (lactones) is 1. The van der Waals surface area contributed by atoms with Crippen molar-refractivity contribution in [2.45, 2.75) is 51.9 Å². The van der Waals surface area contributed by atoms with Crippen LogP contribution in [0.5, 0.6) is 5.75 Å². The zero-order valence-corrected chi connectivity index (χ0v) is 20.9. The number of halogens is 1. The summed E-state index contributed by atoms with van der Waals surface area (Å²) in [5.41, 5.74) is 2.49. The highest BCUT2D eigenvalue weighted by molar-refractivity contribution is 7.19. The Hall–Kier alpha value is -2.68. The lowest BCUT2D eigenvalue weighted by atomic mass is 10.0. The normalized spacial score (nSPS) is 20.1. The van der Waals surface area contributed by atoms with Gasteiger partial charge in [-0.1, -0.05) is 11.6 Å². The average Bonchev–Trinajstić information content (AvgIpc) is 3.29. The molecule has 0 aliphatic carbocycles. The number of ether oxygens (including phenoxy) is 2. The van der Waals surface area contributed by atoms with Gasteiger partial charge in [-0.2, -0.15) is 0 Å². The Kier molecular flexibility index (Phi) is 6.00. The van der Waals surface area contributed by atoms with Gasteiger partial charge in [-0.25, -0.2) is 9.69 Å². The van der Waals surface area contributed by atoms with Crippen LogP contribution in [-0.2, 0) is 16.1 Å². The van der Waals surface area contributed by atoms with E-state index >= 15 is 0 Å². The number of nitrogens with one attached hydrogen (secondary N) is 1. The van der Waals surface area contributed by atoms with Crippen LogP contribution >= 0.6 is 22.9 Å². The monoisotopic (exact) mass is 499 g/mol. The molecule has 34 heavy (non-hydrogen) atoms. The number of imide groups is 1. The molecule has 1 aromatic carbocycles. The van der Waals surface area contributed by atoms with Gasteiger partial charge in [0, 0.05) is 33.8 Å². The highest BCUT2D eigenvalue weighted by Gasteiger charge is 2.47. The zero-order valence-electron chi connectivity index (χ0n) is 19.3. The molecular weight excluding hydrogens is 474 g/mol. The number of hydrogen-bond donors (Lipinski definition) is 1. The Bertz CT molecular complexity index is 1280. The number of rotatable bonds is 5. The third kappa shape index (κ3) is 4.26. The highest BCUT2D eigenvalue weighted by Crippen LogP contribution is 2.42. The fourth-order valence-corrected chi connectivity index (χ4v) is 5.87. The van der Waals surface area contributed by atoms with Gasteiger partial charge in [0.15, 0.2) is 5.60 Å². The predicted molar refractivity (Wildman–Crippen MR) is 132 cm³/mol. The lowest BCUT2D eigenvalue weighted by Crippen LogP contribution is -2.37. The summed E-state index contributed by atoms with van der Waals surface area (Å²) in [5, 5.41) is 4.03. The number of aryl methyl sites for hydroxylation is 1. The second kappa shape index (κ2) is 8.83. The molecule has 178 valence electrons. The molecule has 2 aliphatic rings. The maximum atomic E-state index is 12.6. The Balaban J connectivity index is 1.53. The molecule has 4 heterocycles. The fourth-order valence-electron chi connectivity index (χ4n) is 4.47. The number of thiophene rings is 1. The number of benzene rings is 1. The molecule has 1 N–H and O–H groups in total. The van der Waals surface area contributed by atoms with Crippen molar-refractivity contribution in [1.29, 1.82) is 0 Å². The summed E-state index contributed by atoms with van der Waals surface area (Å²) in [7, 11) is 0. The van der Waals surface area contributed by atoms with Crippen LogP contribution in [0.2, 0.25) is 5.02 Å². The van der Waals surface area contributed by atoms with Crippen molar-refractivity contribution in [1.82, 2.24) is 15.2 Å². The van der Waals surface area contributed by atoms with Gasteiger partial charge in [-0.05, 0) is 70.0 Å². The number of carbonyl (C=O) groups is 2. The van der Waals surface area contributed by atoms with Crippen molar-refractivity contribution >= 4 is 45.2 Å². The second-order valence-electron chi connectivity index (χ2n) is 9.24. The minimum absolute atomic E-state index is 0.0964. The molecule has 0 unspecified atom stereocenters. The minimum Gasteiger partial charge on any atom is -0.488 e. The molecule has 9 heteroatoms. The van der Waals surface area contributed by atoms with E-state index in [0.717, 1.165) is 68.4 Å². The molecule has 2 saturated heterocycles. The molecule has 0 saturated carbocycles. The lowest BCUT2D eigenvalue weighted by Gasteiger charge is -2.26. The maximum Gasteiger partial charge on any atom is 0.418 e. The Morgan fingerprint density at radius 1 is 1.29 bits per heavy atom. The lowest BCUT2D eigenvalue weighted by molar-refractivity contribution is -0.134. The summed E-state index contributed by atoms with van der Waals surface area (Å²) >= 11 is 7.97. The van der Waals surface area contributed by atoms with Crippen molar-refractivity contribution in [3.05, 3.63) is 45.9 Å². The van der Waals surface area contributed by atoms with E-state index in [2.05, 4.69) is 10.3 Å². The number of piperidine rings is 1. The van der Waals surface area contributed by atoms with Crippen molar-refractivity contribution in [2.75, 3.05) is 13.1 Å². The van der Waals surface area contributed by atoms with Gasteiger partial charge in [0.05, 0.1) is 16.8 Å². The van der Waals surface area contributed by atoms with E-state index in [1.54, 1.807) is 20.0 Å². The Morgan fingerprint density at radius 2 is 2.12 bits per heavy atom. The van der Waals surface area contributed by atoms with E-state index in [1.807, 2.05) is 31.2 Å². The van der Waals surface area contributed by atoms with Gasteiger partial charge in [0.25, 0.3) is 5.91 Å². The van der Waals surface area contributed by atoms with E-state index in [0.29, 0.717) is 5.02 Å². The molecule has 2 aliphatic heterocycles. The van der Waals surface area contributed by atoms with Gasteiger partial charge >= 0.3 is 6.09 Å². The first-order chi connectivity index (χ1) is 16.2. The van der Waals surface area contributed by atoms with Crippen LogP contribution in [0.1, 0.15) is 37.1 Å². The number of pyridine rings is 1. The van der Waals surface area contributed by atoms with Crippen LogP contribution in [0.4, 0.5) is 4.79 Å². The summed E-state index contributed by atoms with van der Waals surface area (Å²) in [6.07, 6.45) is 3.31. The van der Waals surface area contributed by atoms with E-state index < -0.39 is 11.7 Å². The first kappa shape index (κ1) is 23.1. The summed E-state index contributed by atoms with van der Waals surface area (Å²) in [6, 6.07) is 7.72. The molecule has 1 atom stereocenters. The molecule has 2 fully saturated rings. The topological polar surface area (TPSA) is 80.8 Å². The van der Waals surface area contributed by atoms with Gasteiger partial charge in [-0.15, -0.1) is 11.3 Å². The first-order valence-electron chi connectivity index (χ1n) is 11.3. The maximum absolute atomic E-state index is 12.6. The van der Waals surface area contributed by atoms with Gasteiger partial charge in [0.1, 0.15) is 11.9 Å². The van der Waals surface area contributed by atoms with Crippen molar-refractivity contribution in [3.63, 3.8) is 0 Å². The second-order valence-corrected chi connectivity index (χ2v) is 10.8. The SMILES string of the molecule is Cc1cc(Cl)cc(-c2ccnc3cc(CN4C(=O)OC(C)(C)C4=O)sc23)c1O[C@H]1CCCNC1. The predicted octanol–water partition coefficient (Wildman–Crippen LogP) is 5.31. The number of aromatic nitrogens is 1. The fraction of sp³-hybridized carbons (Fsp3) is 0.400. The summed E-state index contributed by atoms with van der Waals surface area (Å²) in [5.74, 6) is 0.478. The van der Waals surface area contributed by atoms with Crippen LogP contribution in [-0.4, -0.2) is 46.7 Å².